The molecular formula is C19H17FN2O3S. The lowest BCUT2D eigenvalue weighted by atomic mass is 10.2. The number of benzene rings is 2. The van der Waals surface area contributed by atoms with Gasteiger partial charge in [-0.15, -0.1) is 11.3 Å². The average molecular weight is 372 g/mol. The SMILES string of the molecule is CCOc1ccc(-c2nc(C(=O)Nc3ccccc3F)cs2)cc1OC. The Morgan fingerprint density at radius 2 is 2.04 bits per heavy atom. The van der Waals surface area contributed by atoms with Crippen LogP contribution in [0, 0.1) is 5.82 Å². The van der Waals surface area contributed by atoms with Crippen LogP contribution in [0.4, 0.5) is 10.1 Å². The van der Waals surface area contributed by atoms with Gasteiger partial charge in [-0.3, -0.25) is 4.79 Å². The molecular weight excluding hydrogens is 355 g/mol. The van der Waals surface area contributed by atoms with Gasteiger partial charge in [0, 0.05) is 10.9 Å². The van der Waals surface area contributed by atoms with Crippen LogP contribution in [0.25, 0.3) is 10.6 Å². The number of carbonyl (C=O) groups excluding carboxylic acids is 1. The molecule has 1 amide bonds. The molecule has 3 aromatic rings. The Morgan fingerprint density at radius 1 is 1.23 bits per heavy atom. The number of methoxy groups -OCH3 is 1. The van der Waals surface area contributed by atoms with E-state index in [1.165, 1.54) is 23.5 Å². The second kappa shape index (κ2) is 7.97. The summed E-state index contributed by atoms with van der Waals surface area (Å²) in [5.41, 5.74) is 1.15. The maximum atomic E-state index is 13.7. The van der Waals surface area contributed by atoms with Crippen molar-refractivity contribution in [1.29, 1.82) is 0 Å². The summed E-state index contributed by atoms with van der Waals surface area (Å²) in [6, 6.07) is 11.5. The van der Waals surface area contributed by atoms with Crippen molar-refractivity contribution in [3.63, 3.8) is 0 Å². The number of nitrogens with zero attached hydrogens (tertiary/aromatic N) is 1. The van der Waals surface area contributed by atoms with Crippen LogP contribution in [0.1, 0.15) is 17.4 Å². The third-order valence-electron chi connectivity index (χ3n) is 3.57. The van der Waals surface area contributed by atoms with Crippen molar-refractivity contribution in [2.75, 3.05) is 19.0 Å². The van der Waals surface area contributed by atoms with E-state index in [1.54, 1.807) is 30.7 Å². The number of amides is 1. The molecule has 0 spiro atoms. The minimum absolute atomic E-state index is 0.120. The maximum Gasteiger partial charge on any atom is 0.275 e. The number of rotatable bonds is 6. The molecule has 0 radical (unpaired) electrons. The van der Waals surface area contributed by atoms with Crippen LogP contribution in [-0.4, -0.2) is 24.6 Å². The van der Waals surface area contributed by atoms with Gasteiger partial charge in [-0.25, -0.2) is 9.37 Å². The van der Waals surface area contributed by atoms with Gasteiger partial charge in [0.2, 0.25) is 0 Å². The molecule has 1 aromatic heterocycles. The molecule has 0 bridgehead atoms. The normalized spacial score (nSPS) is 10.4. The van der Waals surface area contributed by atoms with E-state index in [0.29, 0.717) is 23.1 Å². The lowest BCUT2D eigenvalue weighted by Gasteiger charge is -2.09. The van der Waals surface area contributed by atoms with Crippen LogP contribution in [0.2, 0.25) is 0 Å². The van der Waals surface area contributed by atoms with E-state index in [9.17, 15) is 9.18 Å². The van der Waals surface area contributed by atoms with E-state index in [2.05, 4.69) is 10.3 Å². The summed E-state index contributed by atoms with van der Waals surface area (Å²) in [4.78, 5) is 16.6. The van der Waals surface area contributed by atoms with Crippen LogP contribution in [0.15, 0.2) is 47.8 Å². The number of aromatic nitrogens is 1. The Bertz CT molecular complexity index is 927. The fourth-order valence-electron chi connectivity index (χ4n) is 2.33. The number of carbonyl (C=O) groups is 1. The summed E-state index contributed by atoms with van der Waals surface area (Å²) in [5.74, 6) is 0.285. The maximum absolute atomic E-state index is 13.7. The number of anilines is 1. The largest absolute Gasteiger partial charge is 0.493 e. The monoisotopic (exact) mass is 372 g/mol. The molecule has 0 atom stereocenters. The van der Waals surface area contributed by atoms with Crippen molar-refractivity contribution in [3.8, 4) is 22.1 Å². The van der Waals surface area contributed by atoms with Gasteiger partial charge in [0.05, 0.1) is 19.4 Å². The first-order chi connectivity index (χ1) is 12.6. The molecule has 134 valence electrons. The van der Waals surface area contributed by atoms with Gasteiger partial charge in [-0.2, -0.15) is 0 Å². The Balaban J connectivity index is 1.81. The van der Waals surface area contributed by atoms with Crippen LogP contribution in [0.3, 0.4) is 0 Å². The van der Waals surface area contributed by atoms with Gasteiger partial charge < -0.3 is 14.8 Å². The minimum Gasteiger partial charge on any atom is -0.493 e. The lowest BCUT2D eigenvalue weighted by molar-refractivity contribution is 0.102. The molecule has 1 N–H and O–H groups in total. The zero-order chi connectivity index (χ0) is 18.5. The van der Waals surface area contributed by atoms with E-state index in [-0.39, 0.29) is 11.4 Å². The van der Waals surface area contributed by atoms with Crippen molar-refractivity contribution in [3.05, 3.63) is 59.4 Å². The van der Waals surface area contributed by atoms with E-state index in [4.69, 9.17) is 9.47 Å². The zero-order valence-corrected chi connectivity index (χ0v) is 15.1. The molecule has 0 unspecified atom stereocenters. The molecule has 0 saturated carbocycles. The van der Waals surface area contributed by atoms with Crippen molar-refractivity contribution in [2.24, 2.45) is 0 Å². The first-order valence-corrected chi connectivity index (χ1v) is 8.83. The van der Waals surface area contributed by atoms with E-state index < -0.39 is 11.7 Å². The topological polar surface area (TPSA) is 60.5 Å². The van der Waals surface area contributed by atoms with E-state index in [0.717, 1.165) is 5.56 Å². The second-order valence-electron chi connectivity index (χ2n) is 5.27. The molecule has 0 fully saturated rings. The summed E-state index contributed by atoms with van der Waals surface area (Å²) < 4.78 is 24.5. The van der Waals surface area contributed by atoms with Crippen LogP contribution < -0.4 is 14.8 Å². The summed E-state index contributed by atoms with van der Waals surface area (Å²) in [5, 5.41) is 4.82. The number of halogens is 1. The van der Waals surface area contributed by atoms with E-state index in [1.807, 2.05) is 19.1 Å². The molecule has 26 heavy (non-hydrogen) atoms. The highest BCUT2D eigenvalue weighted by molar-refractivity contribution is 7.13. The van der Waals surface area contributed by atoms with Crippen LogP contribution in [0.5, 0.6) is 11.5 Å². The number of thiazole rings is 1. The van der Waals surface area contributed by atoms with Crippen molar-refractivity contribution in [1.82, 2.24) is 4.98 Å². The highest BCUT2D eigenvalue weighted by atomic mass is 32.1. The summed E-state index contributed by atoms with van der Waals surface area (Å²) in [6.07, 6.45) is 0. The predicted molar refractivity (Wildman–Crippen MR) is 99.6 cm³/mol. The number of para-hydroxylation sites is 1. The van der Waals surface area contributed by atoms with Crippen LogP contribution >= 0.6 is 11.3 Å². The first kappa shape index (κ1) is 17.9. The van der Waals surface area contributed by atoms with Crippen molar-refractivity contribution >= 4 is 22.9 Å². The smallest absolute Gasteiger partial charge is 0.275 e. The number of hydrogen-bond acceptors (Lipinski definition) is 5. The fraction of sp³-hybridized carbons (Fsp3) is 0.158. The highest BCUT2D eigenvalue weighted by Crippen LogP contribution is 2.33. The zero-order valence-electron chi connectivity index (χ0n) is 14.3. The van der Waals surface area contributed by atoms with Gasteiger partial charge in [0.15, 0.2) is 11.5 Å². The Kier molecular flexibility index (Phi) is 5.48. The Labute approximate surface area is 154 Å². The van der Waals surface area contributed by atoms with Gasteiger partial charge >= 0.3 is 0 Å². The minimum atomic E-state index is -0.493. The second-order valence-corrected chi connectivity index (χ2v) is 6.13. The number of ether oxygens (including phenoxy) is 2. The third-order valence-corrected chi connectivity index (χ3v) is 4.46. The summed E-state index contributed by atoms with van der Waals surface area (Å²) in [7, 11) is 1.57. The molecule has 2 aromatic carbocycles. The number of hydrogen-bond donors (Lipinski definition) is 1. The predicted octanol–water partition coefficient (Wildman–Crippen LogP) is 4.61. The molecule has 3 rings (SSSR count). The quantitative estimate of drug-likeness (QED) is 0.686. The first-order valence-electron chi connectivity index (χ1n) is 7.95. The highest BCUT2D eigenvalue weighted by Gasteiger charge is 2.15. The standard InChI is InChI=1S/C19H17FN2O3S/c1-3-25-16-9-8-12(10-17(16)24-2)19-22-15(11-26-19)18(23)21-14-7-5-4-6-13(14)20/h4-11H,3H2,1-2H3,(H,21,23). The summed E-state index contributed by atoms with van der Waals surface area (Å²) in [6.45, 7) is 2.43. The Hall–Kier alpha value is -2.93. The number of nitrogens with one attached hydrogen (secondary N) is 1. The molecule has 1 heterocycles. The van der Waals surface area contributed by atoms with E-state index >= 15 is 0 Å². The molecule has 7 heteroatoms. The van der Waals surface area contributed by atoms with Crippen molar-refractivity contribution < 1.29 is 18.7 Å². The van der Waals surface area contributed by atoms with Gasteiger partial charge in [-0.1, -0.05) is 12.1 Å². The van der Waals surface area contributed by atoms with Gasteiger partial charge in [0.25, 0.3) is 5.91 Å². The van der Waals surface area contributed by atoms with Gasteiger partial charge in [-0.05, 0) is 37.3 Å². The van der Waals surface area contributed by atoms with Crippen molar-refractivity contribution in [2.45, 2.75) is 6.92 Å². The molecule has 5 nitrogen and oxygen atoms in total. The summed E-state index contributed by atoms with van der Waals surface area (Å²) >= 11 is 1.32. The molecule has 0 aliphatic rings. The Morgan fingerprint density at radius 3 is 2.77 bits per heavy atom. The molecule has 0 saturated heterocycles. The fourth-order valence-corrected chi connectivity index (χ4v) is 3.13. The molecule has 0 aliphatic heterocycles. The van der Waals surface area contributed by atoms with Crippen LogP contribution in [-0.2, 0) is 0 Å². The lowest BCUT2D eigenvalue weighted by Crippen LogP contribution is -2.13. The van der Waals surface area contributed by atoms with Gasteiger partial charge in [0.1, 0.15) is 16.5 Å². The third kappa shape index (κ3) is 3.83. The molecule has 0 aliphatic carbocycles. The average Bonchev–Trinajstić information content (AvgIpc) is 3.14.